The van der Waals surface area contributed by atoms with Crippen LogP contribution in [0.25, 0.3) is 0 Å². The van der Waals surface area contributed by atoms with Crippen LogP contribution in [0.2, 0.25) is 0 Å². The maximum atomic E-state index is 13.1. The summed E-state index contributed by atoms with van der Waals surface area (Å²) in [6, 6.07) is 72.5. The predicted octanol–water partition coefficient (Wildman–Crippen LogP) is 15.2. The lowest BCUT2D eigenvalue weighted by molar-refractivity contribution is -0.145. The van der Waals surface area contributed by atoms with Gasteiger partial charge in [-0.3, -0.25) is 9.59 Å². The quantitative estimate of drug-likeness (QED) is 0.0339. The van der Waals surface area contributed by atoms with Gasteiger partial charge in [0.05, 0.1) is 0 Å². The average Bonchev–Trinajstić information content (AvgIpc) is 3.46. The molecule has 0 atom stereocenters. The second-order valence-electron chi connectivity index (χ2n) is 18.5. The summed E-state index contributed by atoms with van der Waals surface area (Å²) in [6.45, 7) is 2.37. The highest BCUT2D eigenvalue weighted by atomic mass is 16.5. The molecular weight excluding hydrogens is 921 g/mol. The second-order valence-corrected chi connectivity index (χ2v) is 18.5. The Morgan fingerprint density at radius 2 is 0.514 bits per heavy atom. The number of benzene rings is 8. The number of esters is 2. The highest BCUT2D eigenvalue weighted by molar-refractivity contribution is 5.70. The van der Waals surface area contributed by atoms with Gasteiger partial charge in [-0.25, -0.2) is 0 Å². The lowest BCUT2D eigenvalue weighted by Gasteiger charge is -2.19. The monoisotopic (exact) mass is 986 g/mol. The zero-order valence-corrected chi connectivity index (χ0v) is 42.1. The molecule has 0 bridgehead atoms. The molecule has 0 amide bonds. The molecule has 74 heavy (non-hydrogen) atoms. The molecule has 0 spiro atoms. The maximum absolute atomic E-state index is 13.1. The number of ether oxygens (including phenoxy) is 6. The van der Waals surface area contributed by atoms with Gasteiger partial charge in [0.25, 0.3) is 0 Å². The standard InChI is InChI=1S/C66H66O8/c67-65(73-49-63(55-29-37-59(38-30-55)69-45-51-19-9-5-10-20-51)56-31-39-60(40-32-56)70-46-52-21-11-6-12-22-52)27-17-3-1-2-4-18-28-66(68)74-50-64(57-33-41-61(42-34-57)71-47-53-23-13-7-14-24-53)58-35-43-62(44-36-58)72-48-54-25-15-8-16-26-54/h5-16,19-26,29-44,63-64H,1-4,17-18,27-28,45-50H2. The molecule has 8 rings (SSSR count). The van der Waals surface area contributed by atoms with E-state index in [0.29, 0.717) is 39.3 Å². The van der Waals surface area contributed by atoms with Gasteiger partial charge >= 0.3 is 11.9 Å². The number of rotatable bonds is 29. The van der Waals surface area contributed by atoms with Gasteiger partial charge in [-0.1, -0.05) is 196 Å². The van der Waals surface area contributed by atoms with E-state index in [1.807, 2.05) is 218 Å². The van der Waals surface area contributed by atoms with Crippen molar-refractivity contribution in [1.82, 2.24) is 0 Å². The highest BCUT2D eigenvalue weighted by Gasteiger charge is 2.20. The largest absolute Gasteiger partial charge is 0.489 e. The van der Waals surface area contributed by atoms with Gasteiger partial charge in [-0.2, -0.15) is 0 Å². The van der Waals surface area contributed by atoms with E-state index in [0.717, 1.165) is 106 Å². The van der Waals surface area contributed by atoms with Crippen LogP contribution in [0.3, 0.4) is 0 Å². The van der Waals surface area contributed by atoms with E-state index in [9.17, 15) is 9.59 Å². The van der Waals surface area contributed by atoms with E-state index in [4.69, 9.17) is 28.4 Å². The lowest BCUT2D eigenvalue weighted by Crippen LogP contribution is -2.14. The summed E-state index contributed by atoms with van der Waals surface area (Å²) in [7, 11) is 0. The van der Waals surface area contributed by atoms with Gasteiger partial charge in [0.1, 0.15) is 62.6 Å². The molecule has 378 valence electrons. The van der Waals surface area contributed by atoms with Crippen molar-refractivity contribution in [3.8, 4) is 23.0 Å². The Hall–Kier alpha value is -8.10. The van der Waals surface area contributed by atoms with Crippen LogP contribution in [-0.2, 0) is 45.5 Å². The van der Waals surface area contributed by atoms with Crippen molar-refractivity contribution in [2.75, 3.05) is 13.2 Å². The van der Waals surface area contributed by atoms with Crippen molar-refractivity contribution in [2.45, 2.75) is 89.6 Å². The van der Waals surface area contributed by atoms with Gasteiger partial charge in [-0.15, -0.1) is 0 Å². The first kappa shape index (κ1) is 52.2. The number of carbonyl (C=O) groups is 2. The Balaban J connectivity index is 0.764. The van der Waals surface area contributed by atoms with Gasteiger partial charge in [0.15, 0.2) is 0 Å². The summed E-state index contributed by atoms with van der Waals surface area (Å²) in [5.74, 6) is 2.34. The van der Waals surface area contributed by atoms with Crippen LogP contribution in [0.4, 0.5) is 0 Å². The fourth-order valence-electron chi connectivity index (χ4n) is 8.66. The molecule has 0 aliphatic heterocycles. The summed E-state index contributed by atoms with van der Waals surface area (Å²) >= 11 is 0. The first-order chi connectivity index (χ1) is 36.5. The summed E-state index contributed by atoms with van der Waals surface area (Å²) in [4.78, 5) is 26.2. The Kier molecular flexibility index (Phi) is 20.3. The van der Waals surface area contributed by atoms with E-state index < -0.39 is 0 Å². The summed E-state index contributed by atoms with van der Waals surface area (Å²) in [5, 5.41) is 0. The Bertz CT molecular complexity index is 2460. The molecule has 0 fully saturated rings. The Morgan fingerprint density at radius 1 is 0.284 bits per heavy atom. The molecule has 0 N–H and O–H groups in total. The maximum Gasteiger partial charge on any atom is 0.305 e. The number of carbonyl (C=O) groups excluding carboxylic acids is 2. The van der Waals surface area contributed by atoms with E-state index in [-0.39, 0.29) is 37.0 Å². The number of hydrogen-bond acceptors (Lipinski definition) is 8. The second kappa shape index (κ2) is 28.8. The van der Waals surface area contributed by atoms with Crippen LogP contribution in [0.15, 0.2) is 218 Å². The zero-order chi connectivity index (χ0) is 50.8. The highest BCUT2D eigenvalue weighted by Crippen LogP contribution is 2.31. The zero-order valence-electron chi connectivity index (χ0n) is 42.1. The first-order valence-corrected chi connectivity index (χ1v) is 25.9. The minimum Gasteiger partial charge on any atom is -0.489 e. The Morgan fingerprint density at radius 3 is 0.757 bits per heavy atom. The molecule has 0 saturated heterocycles. The topological polar surface area (TPSA) is 89.5 Å². The van der Waals surface area contributed by atoms with Crippen LogP contribution in [0.5, 0.6) is 23.0 Å². The minimum absolute atomic E-state index is 0.170. The molecular formula is C66H66O8. The third-order valence-corrected chi connectivity index (χ3v) is 13.0. The van der Waals surface area contributed by atoms with Crippen molar-refractivity contribution in [3.05, 3.63) is 263 Å². The molecule has 8 nitrogen and oxygen atoms in total. The summed E-state index contributed by atoms with van der Waals surface area (Å²) in [6.07, 6.45) is 5.96. The van der Waals surface area contributed by atoms with E-state index in [1.54, 1.807) is 0 Å². The van der Waals surface area contributed by atoms with E-state index in [2.05, 4.69) is 0 Å². The number of hydrogen-bond donors (Lipinski definition) is 0. The van der Waals surface area contributed by atoms with Crippen molar-refractivity contribution in [1.29, 1.82) is 0 Å². The van der Waals surface area contributed by atoms with Crippen LogP contribution in [0.1, 0.15) is 108 Å². The van der Waals surface area contributed by atoms with Crippen molar-refractivity contribution in [2.24, 2.45) is 0 Å². The van der Waals surface area contributed by atoms with Crippen molar-refractivity contribution < 1.29 is 38.0 Å². The van der Waals surface area contributed by atoms with Gasteiger partial charge in [-0.05, 0) is 106 Å². The third kappa shape index (κ3) is 17.3. The van der Waals surface area contributed by atoms with Gasteiger partial charge < -0.3 is 28.4 Å². The fraction of sp³-hybridized carbons (Fsp3) is 0.242. The molecule has 0 heterocycles. The van der Waals surface area contributed by atoms with Gasteiger partial charge in [0.2, 0.25) is 0 Å². The molecule has 8 heteroatoms. The number of unbranched alkanes of at least 4 members (excludes halogenated alkanes) is 5. The van der Waals surface area contributed by atoms with Crippen molar-refractivity contribution in [3.63, 3.8) is 0 Å². The van der Waals surface area contributed by atoms with Crippen LogP contribution in [0, 0.1) is 0 Å². The first-order valence-electron chi connectivity index (χ1n) is 25.9. The summed E-state index contributed by atoms with van der Waals surface area (Å²) < 4.78 is 36.1. The SMILES string of the molecule is O=C(CCCCCCCCC(=O)OCC(c1ccc(OCc2ccccc2)cc1)c1ccc(OCc2ccccc2)cc1)OCC(c1ccc(OCc2ccccc2)cc1)c1ccc(OCc2ccccc2)cc1. The predicted molar refractivity (Wildman–Crippen MR) is 291 cm³/mol. The minimum atomic E-state index is -0.207. The molecule has 8 aromatic carbocycles. The van der Waals surface area contributed by atoms with Crippen LogP contribution in [-0.4, -0.2) is 25.2 Å². The molecule has 0 aliphatic rings. The van der Waals surface area contributed by atoms with E-state index in [1.165, 1.54) is 0 Å². The van der Waals surface area contributed by atoms with Crippen molar-refractivity contribution >= 4 is 11.9 Å². The molecule has 0 unspecified atom stereocenters. The molecule has 0 saturated carbocycles. The van der Waals surface area contributed by atoms with E-state index >= 15 is 0 Å². The smallest absolute Gasteiger partial charge is 0.305 e. The molecule has 0 aliphatic carbocycles. The normalized spacial score (nSPS) is 11.0. The molecule has 0 aromatic heterocycles. The fourth-order valence-corrected chi connectivity index (χ4v) is 8.66. The van der Waals surface area contributed by atoms with Gasteiger partial charge in [0, 0.05) is 24.7 Å². The lowest BCUT2D eigenvalue weighted by atomic mass is 9.92. The summed E-state index contributed by atoms with van der Waals surface area (Å²) in [5.41, 5.74) is 8.50. The Labute approximate surface area is 436 Å². The molecule has 8 aromatic rings. The molecule has 0 radical (unpaired) electrons. The third-order valence-electron chi connectivity index (χ3n) is 13.0. The van der Waals surface area contributed by atoms with Crippen LogP contribution < -0.4 is 18.9 Å². The average molecular weight is 987 g/mol. The van der Waals surface area contributed by atoms with Crippen LogP contribution >= 0.6 is 0 Å².